The summed E-state index contributed by atoms with van der Waals surface area (Å²) >= 11 is 0. The molecular weight excluding hydrogens is 222 g/mol. The van der Waals surface area contributed by atoms with E-state index in [0.717, 1.165) is 19.1 Å². The zero-order chi connectivity index (χ0) is 12.8. The minimum Gasteiger partial charge on any atom is -0.374 e. The third-order valence-corrected chi connectivity index (χ3v) is 4.73. The maximum atomic E-state index is 6.33. The van der Waals surface area contributed by atoms with Crippen molar-refractivity contribution < 1.29 is 4.74 Å². The van der Waals surface area contributed by atoms with E-state index in [9.17, 15) is 0 Å². The van der Waals surface area contributed by atoms with Crippen LogP contribution in [-0.4, -0.2) is 24.8 Å². The van der Waals surface area contributed by atoms with E-state index in [1.807, 2.05) is 0 Å². The van der Waals surface area contributed by atoms with Crippen molar-refractivity contribution in [2.24, 2.45) is 5.92 Å². The summed E-state index contributed by atoms with van der Waals surface area (Å²) in [4.78, 5) is 0. The summed E-state index contributed by atoms with van der Waals surface area (Å²) in [6.45, 7) is 6.34. The minimum atomic E-state index is 0.143. The molecule has 0 bridgehead atoms. The quantitative estimate of drug-likeness (QED) is 0.695. The van der Waals surface area contributed by atoms with Gasteiger partial charge in [0.2, 0.25) is 0 Å². The second-order valence-electron chi connectivity index (χ2n) is 6.20. The zero-order valence-electron chi connectivity index (χ0n) is 12.3. The maximum Gasteiger partial charge on any atom is 0.0834 e. The first-order valence-electron chi connectivity index (χ1n) is 8.18. The van der Waals surface area contributed by atoms with E-state index in [0.29, 0.717) is 6.04 Å². The van der Waals surface area contributed by atoms with Gasteiger partial charge in [-0.05, 0) is 38.6 Å². The molecule has 1 unspecified atom stereocenters. The monoisotopic (exact) mass is 253 g/mol. The predicted molar refractivity (Wildman–Crippen MR) is 76.9 cm³/mol. The van der Waals surface area contributed by atoms with Crippen molar-refractivity contribution in [2.45, 2.75) is 83.3 Å². The van der Waals surface area contributed by atoms with Gasteiger partial charge in [-0.3, -0.25) is 0 Å². The van der Waals surface area contributed by atoms with Crippen LogP contribution < -0.4 is 5.32 Å². The van der Waals surface area contributed by atoms with Gasteiger partial charge in [0.05, 0.1) is 5.60 Å². The summed E-state index contributed by atoms with van der Waals surface area (Å²) in [5.41, 5.74) is 0.143. The molecular formula is C16H31NO. The van der Waals surface area contributed by atoms with Gasteiger partial charge in [0, 0.05) is 12.6 Å². The third-order valence-electron chi connectivity index (χ3n) is 4.73. The molecule has 0 heterocycles. The van der Waals surface area contributed by atoms with Crippen molar-refractivity contribution in [2.75, 3.05) is 13.2 Å². The summed E-state index contributed by atoms with van der Waals surface area (Å²) in [5.74, 6) is 0.981. The molecule has 0 aliphatic heterocycles. The molecule has 2 fully saturated rings. The van der Waals surface area contributed by atoms with E-state index in [2.05, 4.69) is 19.2 Å². The van der Waals surface area contributed by atoms with E-state index in [-0.39, 0.29) is 5.60 Å². The Morgan fingerprint density at radius 1 is 1.11 bits per heavy atom. The predicted octanol–water partition coefficient (Wildman–Crippen LogP) is 3.89. The van der Waals surface area contributed by atoms with Crippen molar-refractivity contribution in [3.8, 4) is 0 Å². The summed E-state index contributed by atoms with van der Waals surface area (Å²) in [5, 5.41) is 3.75. The third kappa shape index (κ3) is 3.71. The molecule has 0 aromatic carbocycles. The molecule has 0 amide bonds. The Morgan fingerprint density at radius 2 is 1.78 bits per heavy atom. The molecule has 0 aromatic rings. The smallest absolute Gasteiger partial charge is 0.0834 e. The SMILES string of the molecule is CCNC(CC1CC1)C1(OCC)CCCCCC1. The molecule has 2 saturated carbocycles. The van der Waals surface area contributed by atoms with Gasteiger partial charge < -0.3 is 10.1 Å². The van der Waals surface area contributed by atoms with Crippen LogP contribution in [0.4, 0.5) is 0 Å². The van der Waals surface area contributed by atoms with E-state index in [1.165, 1.54) is 57.8 Å². The normalized spacial score (nSPS) is 25.7. The lowest BCUT2D eigenvalue weighted by Gasteiger charge is -2.41. The highest BCUT2D eigenvalue weighted by atomic mass is 16.5. The molecule has 2 aliphatic rings. The Kier molecular flexibility index (Phi) is 5.50. The average Bonchev–Trinajstić information content (AvgIpc) is 3.16. The standard InChI is InChI=1S/C16H31NO/c1-3-17-15(13-14-9-10-14)16(18-4-2)11-7-5-6-8-12-16/h14-15,17H,3-13H2,1-2H3. The van der Waals surface area contributed by atoms with Crippen LogP contribution in [0.2, 0.25) is 0 Å². The van der Waals surface area contributed by atoms with Gasteiger partial charge in [-0.25, -0.2) is 0 Å². The van der Waals surface area contributed by atoms with Crippen molar-refractivity contribution in [3.63, 3.8) is 0 Å². The highest BCUT2D eigenvalue weighted by Gasteiger charge is 2.41. The molecule has 2 rings (SSSR count). The van der Waals surface area contributed by atoms with E-state index < -0.39 is 0 Å². The Balaban J connectivity index is 2.06. The summed E-state index contributed by atoms with van der Waals surface area (Å²) in [7, 11) is 0. The largest absolute Gasteiger partial charge is 0.374 e. The zero-order valence-corrected chi connectivity index (χ0v) is 12.3. The lowest BCUT2D eigenvalue weighted by molar-refractivity contribution is -0.0793. The first-order valence-corrected chi connectivity index (χ1v) is 8.18. The highest BCUT2D eigenvalue weighted by Crippen LogP contribution is 2.41. The topological polar surface area (TPSA) is 21.3 Å². The lowest BCUT2D eigenvalue weighted by atomic mass is 9.83. The van der Waals surface area contributed by atoms with Gasteiger partial charge in [0.25, 0.3) is 0 Å². The fourth-order valence-corrected chi connectivity index (χ4v) is 3.63. The molecule has 18 heavy (non-hydrogen) atoms. The van der Waals surface area contributed by atoms with Crippen LogP contribution >= 0.6 is 0 Å². The first-order chi connectivity index (χ1) is 8.80. The fourth-order valence-electron chi connectivity index (χ4n) is 3.63. The molecule has 0 aromatic heterocycles. The number of rotatable bonds is 7. The van der Waals surface area contributed by atoms with Gasteiger partial charge in [0.1, 0.15) is 0 Å². The Labute approximate surface area is 113 Å². The highest BCUT2D eigenvalue weighted by molar-refractivity contribution is 4.97. The molecule has 0 radical (unpaired) electrons. The maximum absolute atomic E-state index is 6.33. The molecule has 2 nitrogen and oxygen atoms in total. The minimum absolute atomic E-state index is 0.143. The lowest BCUT2D eigenvalue weighted by Crippen LogP contribution is -2.52. The fraction of sp³-hybridized carbons (Fsp3) is 1.00. The molecule has 2 heteroatoms. The number of ether oxygens (including phenoxy) is 1. The second-order valence-corrected chi connectivity index (χ2v) is 6.20. The molecule has 2 aliphatic carbocycles. The Bertz CT molecular complexity index is 229. The van der Waals surface area contributed by atoms with E-state index in [4.69, 9.17) is 4.74 Å². The van der Waals surface area contributed by atoms with Crippen molar-refractivity contribution >= 4 is 0 Å². The average molecular weight is 253 g/mol. The van der Waals surface area contributed by atoms with Crippen LogP contribution in [-0.2, 0) is 4.74 Å². The molecule has 0 spiro atoms. The molecule has 1 N–H and O–H groups in total. The van der Waals surface area contributed by atoms with Crippen LogP contribution in [0.5, 0.6) is 0 Å². The summed E-state index contributed by atoms with van der Waals surface area (Å²) < 4.78 is 6.33. The Hall–Kier alpha value is -0.0800. The van der Waals surface area contributed by atoms with Crippen LogP contribution in [0.25, 0.3) is 0 Å². The first kappa shape index (κ1) is 14.3. The van der Waals surface area contributed by atoms with E-state index >= 15 is 0 Å². The number of hydrogen-bond acceptors (Lipinski definition) is 2. The van der Waals surface area contributed by atoms with Gasteiger partial charge in [0.15, 0.2) is 0 Å². The summed E-state index contributed by atoms with van der Waals surface area (Å²) in [6, 6.07) is 0.591. The molecule has 1 atom stereocenters. The summed E-state index contributed by atoms with van der Waals surface area (Å²) in [6.07, 6.45) is 12.3. The number of likely N-dealkylation sites (N-methyl/N-ethyl adjacent to an activating group) is 1. The van der Waals surface area contributed by atoms with Gasteiger partial charge in [-0.1, -0.05) is 45.4 Å². The van der Waals surface area contributed by atoms with Crippen molar-refractivity contribution in [3.05, 3.63) is 0 Å². The van der Waals surface area contributed by atoms with Crippen LogP contribution in [0.3, 0.4) is 0 Å². The van der Waals surface area contributed by atoms with Crippen LogP contribution in [0.15, 0.2) is 0 Å². The van der Waals surface area contributed by atoms with Crippen molar-refractivity contribution in [1.82, 2.24) is 5.32 Å². The molecule has 106 valence electrons. The van der Waals surface area contributed by atoms with Gasteiger partial charge >= 0.3 is 0 Å². The number of nitrogens with one attached hydrogen (secondary N) is 1. The van der Waals surface area contributed by atoms with E-state index in [1.54, 1.807) is 0 Å². The van der Waals surface area contributed by atoms with Crippen LogP contribution in [0.1, 0.15) is 71.6 Å². The van der Waals surface area contributed by atoms with Crippen molar-refractivity contribution in [1.29, 1.82) is 0 Å². The van der Waals surface area contributed by atoms with Gasteiger partial charge in [-0.2, -0.15) is 0 Å². The number of hydrogen-bond donors (Lipinski definition) is 1. The molecule has 0 saturated heterocycles. The second kappa shape index (κ2) is 6.91. The van der Waals surface area contributed by atoms with Crippen LogP contribution in [0, 0.1) is 5.92 Å². The Morgan fingerprint density at radius 3 is 2.28 bits per heavy atom. The van der Waals surface area contributed by atoms with Gasteiger partial charge in [-0.15, -0.1) is 0 Å².